The number of carbonyl (C=O) groups excluding carboxylic acids is 1. The van der Waals surface area contributed by atoms with Gasteiger partial charge in [-0.15, -0.1) is 0 Å². The van der Waals surface area contributed by atoms with Gasteiger partial charge in [0.25, 0.3) is 5.91 Å². The van der Waals surface area contributed by atoms with E-state index in [0.717, 1.165) is 11.8 Å². The predicted molar refractivity (Wildman–Crippen MR) is 104 cm³/mol. The van der Waals surface area contributed by atoms with Crippen LogP contribution in [0.1, 0.15) is 12.5 Å². The first kappa shape index (κ1) is 19.0. The molecule has 8 heteroatoms. The van der Waals surface area contributed by atoms with Gasteiger partial charge in [0.05, 0.1) is 25.1 Å². The molecular weight excluding hydrogens is 368 g/mol. The Bertz CT molecular complexity index is 941. The zero-order valence-electron chi connectivity index (χ0n) is 15.4. The largest absolute Gasteiger partial charge is 0.494 e. The average Bonchev–Trinajstić information content (AvgIpc) is 2.61. The number of fused-ring (bicyclic) bond motifs is 1. The van der Waals surface area contributed by atoms with Gasteiger partial charge in [-0.3, -0.25) is 9.10 Å². The van der Waals surface area contributed by atoms with Gasteiger partial charge >= 0.3 is 0 Å². The van der Waals surface area contributed by atoms with Gasteiger partial charge in [-0.25, -0.2) is 8.42 Å². The smallest absolute Gasteiger partial charge is 0.267 e. The lowest BCUT2D eigenvalue weighted by atomic mass is 10.1. The summed E-state index contributed by atoms with van der Waals surface area (Å²) in [7, 11) is -3.55. The maximum Gasteiger partial charge on any atom is 0.267 e. The van der Waals surface area contributed by atoms with E-state index in [-0.39, 0.29) is 6.54 Å². The van der Waals surface area contributed by atoms with Crippen molar-refractivity contribution in [2.45, 2.75) is 20.0 Å². The van der Waals surface area contributed by atoms with Crippen LogP contribution in [0.2, 0.25) is 0 Å². The van der Waals surface area contributed by atoms with Gasteiger partial charge in [0.1, 0.15) is 11.5 Å². The van der Waals surface area contributed by atoms with E-state index in [0.29, 0.717) is 29.5 Å². The van der Waals surface area contributed by atoms with Gasteiger partial charge in [0.2, 0.25) is 10.0 Å². The molecule has 1 aliphatic rings. The summed E-state index contributed by atoms with van der Waals surface area (Å²) in [4.78, 5) is 12.6. The first-order chi connectivity index (χ1) is 12.8. The number of amides is 1. The quantitative estimate of drug-likeness (QED) is 0.848. The number of anilines is 2. The molecule has 0 bridgehead atoms. The average molecular weight is 390 g/mol. The molecule has 2 aromatic carbocycles. The maximum absolute atomic E-state index is 12.6. The van der Waals surface area contributed by atoms with Gasteiger partial charge in [-0.2, -0.15) is 0 Å². The molecule has 0 aliphatic carbocycles. The highest BCUT2D eigenvalue weighted by Gasteiger charge is 2.35. The molecule has 0 fully saturated rings. The minimum absolute atomic E-state index is 0.0852. The van der Waals surface area contributed by atoms with Crippen molar-refractivity contribution >= 4 is 27.3 Å². The van der Waals surface area contributed by atoms with E-state index >= 15 is 0 Å². The van der Waals surface area contributed by atoms with E-state index in [1.165, 1.54) is 4.31 Å². The van der Waals surface area contributed by atoms with E-state index in [1.54, 1.807) is 36.4 Å². The molecule has 0 spiro atoms. The lowest BCUT2D eigenvalue weighted by Crippen LogP contribution is -2.48. The number of benzene rings is 2. The van der Waals surface area contributed by atoms with Crippen LogP contribution in [0.25, 0.3) is 0 Å². The molecule has 144 valence electrons. The van der Waals surface area contributed by atoms with Gasteiger partial charge < -0.3 is 14.8 Å². The molecule has 1 N–H and O–H groups in total. The summed E-state index contributed by atoms with van der Waals surface area (Å²) in [5, 5.41) is 2.75. The maximum atomic E-state index is 12.6. The Hall–Kier alpha value is -2.74. The summed E-state index contributed by atoms with van der Waals surface area (Å²) in [5.41, 5.74) is 1.93. The number of hydrogen-bond donors (Lipinski definition) is 1. The van der Waals surface area contributed by atoms with E-state index in [9.17, 15) is 13.2 Å². The Labute approximate surface area is 158 Å². The lowest BCUT2D eigenvalue weighted by Gasteiger charge is -2.34. The number of rotatable bonds is 5. The monoisotopic (exact) mass is 390 g/mol. The third kappa shape index (κ3) is 4.33. The van der Waals surface area contributed by atoms with Crippen LogP contribution in [-0.4, -0.2) is 39.8 Å². The zero-order chi connectivity index (χ0) is 19.6. The fraction of sp³-hybridized carbons (Fsp3) is 0.316. The molecule has 1 atom stereocenters. The molecule has 1 unspecified atom stereocenters. The standard InChI is InChI=1S/C19H22N2O5S/c1-4-25-15-8-6-14(7-9-15)20-19(22)18-12-21(27(3,23)24)16-11-13(2)5-10-17(16)26-18/h5-11,18H,4,12H2,1-3H3,(H,20,22). The number of nitrogens with one attached hydrogen (secondary N) is 1. The van der Waals surface area contributed by atoms with Gasteiger partial charge in [-0.05, 0) is 55.8 Å². The van der Waals surface area contributed by atoms with Crippen LogP contribution in [0.4, 0.5) is 11.4 Å². The molecule has 0 radical (unpaired) electrons. The van der Waals surface area contributed by atoms with Crippen LogP contribution >= 0.6 is 0 Å². The highest BCUT2D eigenvalue weighted by molar-refractivity contribution is 7.92. The first-order valence-corrected chi connectivity index (χ1v) is 10.4. The zero-order valence-corrected chi connectivity index (χ0v) is 16.2. The summed E-state index contributed by atoms with van der Waals surface area (Å²) in [6, 6.07) is 12.2. The minimum atomic E-state index is -3.55. The Morgan fingerprint density at radius 2 is 1.96 bits per heavy atom. The highest BCUT2D eigenvalue weighted by atomic mass is 32.2. The topological polar surface area (TPSA) is 84.9 Å². The fourth-order valence-corrected chi connectivity index (χ4v) is 3.74. The van der Waals surface area contributed by atoms with Crippen molar-refractivity contribution < 1.29 is 22.7 Å². The van der Waals surface area contributed by atoms with Crippen molar-refractivity contribution in [2.75, 3.05) is 29.0 Å². The van der Waals surface area contributed by atoms with Crippen molar-refractivity contribution in [2.24, 2.45) is 0 Å². The Balaban J connectivity index is 1.80. The lowest BCUT2D eigenvalue weighted by molar-refractivity contribution is -0.122. The first-order valence-electron chi connectivity index (χ1n) is 8.56. The summed E-state index contributed by atoms with van der Waals surface area (Å²) in [6.45, 7) is 4.23. The van der Waals surface area contributed by atoms with Gasteiger partial charge in [0, 0.05) is 5.69 Å². The third-order valence-electron chi connectivity index (χ3n) is 4.11. The van der Waals surface area contributed by atoms with Gasteiger partial charge in [0.15, 0.2) is 6.10 Å². The van der Waals surface area contributed by atoms with Crippen LogP contribution in [0.3, 0.4) is 0 Å². The van der Waals surface area contributed by atoms with E-state index in [2.05, 4.69) is 5.32 Å². The van der Waals surface area contributed by atoms with Crippen molar-refractivity contribution in [3.8, 4) is 11.5 Å². The number of aryl methyl sites for hydroxylation is 1. The molecule has 2 aromatic rings. The normalized spacial score (nSPS) is 16.3. The minimum Gasteiger partial charge on any atom is -0.494 e. The number of nitrogens with zero attached hydrogens (tertiary/aromatic N) is 1. The third-order valence-corrected chi connectivity index (χ3v) is 5.26. The summed E-state index contributed by atoms with van der Waals surface area (Å²) < 4.78 is 36.8. The number of carbonyl (C=O) groups is 1. The second kappa shape index (κ2) is 7.48. The highest BCUT2D eigenvalue weighted by Crippen LogP contribution is 2.36. The van der Waals surface area contributed by atoms with Crippen molar-refractivity contribution in [1.29, 1.82) is 0 Å². The van der Waals surface area contributed by atoms with Crippen molar-refractivity contribution in [1.82, 2.24) is 0 Å². The molecule has 0 saturated heterocycles. The molecule has 0 aromatic heterocycles. The molecule has 27 heavy (non-hydrogen) atoms. The summed E-state index contributed by atoms with van der Waals surface area (Å²) in [6.07, 6.45) is 0.160. The molecule has 1 amide bonds. The SMILES string of the molecule is CCOc1ccc(NC(=O)C2CN(S(C)(=O)=O)c3cc(C)ccc3O2)cc1. The second-order valence-corrected chi connectivity index (χ2v) is 8.23. The van der Waals surface area contributed by atoms with Gasteiger partial charge in [-0.1, -0.05) is 6.07 Å². The number of ether oxygens (including phenoxy) is 2. The van der Waals surface area contributed by atoms with E-state index < -0.39 is 22.0 Å². The van der Waals surface area contributed by atoms with Crippen molar-refractivity contribution in [3.63, 3.8) is 0 Å². The molecule has 1 aliphatic heterocycles. The Morgan fingerprint density at radius 3 is 2.59 bits per heavy atom. The predicted octanol–water partition coefficient (Wildman–Crippen LogP) is 2.56. The molecule has 0 saturated carbocycles. The Morgan fingerprint density at radius 1 is 1.26 bits per heavy atom. The summed E-state index contributed by atoms with van der Waals surface area (Å²) in [5.74, 6) is 0.653. The fourth-order valence-electron chi connectivity index (χ4n) is 2.84. The van der Waals surface area contributed by atoms with Crippen LogP contribution in [0.15, 0.2) is 42.5 Å². The molecular formula is C19H22N2O5S. The van der Waals surface area contributed by atoms with Crippen LogP contribution in [0, 0.1) is 6.92 Å². The van der Waals surface area contributed by atoms with E-state index in [4.69, 9.17) is 9.47 Å². The summed E-state index contributed by atoms with van der Waals surface area (Å²) >= 11 is 0. The molecule has 3 rings (SSSR count). The molecule has 1 heterocycles. The van der Waals surface area contributed by atoms with Crippen LogP contribution in [0.5, 0.6) is 11.5 Å². The molecule has 7 nitrogen and oxygen atoms in total. The number of hydrogen-bond acceptors (Lipinski definition) is 5. The number of sulfonamides is 1. The van der Waals surface area contributed by atoms with Crippen LogP contribution in [-0.2, 0) is 14.8 Å². The van der Waals surface area contributed by atoms with E-state index in [1.807, 2.05) is 19.9 Å². The Kier molecular flexibility index (Phi) is 5.27. The van der Waals surface area contributed by atoms with Crippen molar-refractivity contribution in [3.05, 3.63) is 48.0 Å². The van der Waals surface area contributed by atoms with Crippen LogP contribution < -0.4 is 19.1 Å². The second-order valence-electron chi connectivity index (χ2n) is 6.32.